The number of ether oxygens (including phenoxy) is 1. The molecule has 0 spiro atoms. The lowest BCUT2D eigenvalue weighted by atomic mass is 10.1. The van der Waals surface area contributed by atoms with Gasteiger partial charge in [0.1, 0.15) is 10.6 Å². The SMILES string of the molecule is CCOc1ccc(NS(=O)(=O)c2cc(C(=O)NC[C@@H](c3ccccc3)N(C)C)ccc2Cl)cc1. The van der Waals surface area contributed by atoms with Crippen molar-refractivity contribution in [2.24, 2.45) is 0 Å². The van der Waals surface area contributed by atoms with Gasteiger partial charge in [0.2, 0.25) is 0 Å². The first-order valence-corrected chi connectivity index (χ1v) is 12.6. The van der Waals surface area contributed by atoms with E-state index in [9.17, 15) is 13.2 Å². The van der Waals surface area contributed by atoms with Gasteiger partial charge in [-0.2, -0.15) is 0 Å². The third-order valence-electron chi connectivity index (χ3n) is 5.16. The van der Waals surface area contributed by atoms with Gasteiger partial charge >= 0.3 is 0 Å². The molecule has 0 bridgehead atoms. The Kier molecular flexibility index (Phi) is 8.55. The third kappa shape index (κ3) is 6.50. The maximum Gasteiger partial charge on any atom is 0.263 e. The van der Waals surface area contributed by atoms with Crippen LogP contribution >= 0.6 is 11.6 Å². The predicted octanol–water partition coefficient (Wildman–Crippen LogP) is 4.57. The molecule has 0 fully saturated rings. The Labute approximate surface area is 205 Å². The summed E-state index contributed by atoms with van der Waals surface area (Å²) in [5, 5.41) is 2.91. The normalized spacial score (nSPS) is 12.3. The number of sulfonamides is 1. The number of rotatable bonds is 10. The summed E-state index contributed by atoms with van der Waals surface area (Å²) in [6, 6.07) is 20.5. The molecule has 0 heterocycles. The maximum atomic E-state index is 13.0. The van der Waals surface area contributed by atoms with Crippen molar-refractivity contribution in [2.75, 3.05) is 32.0 Å². The van der Waals surface area contributed by atoms with Crippen molar-refractivity contribution in [1.82, 2.24) is 10.2 Å². The Morgan fingerprint density at radius 2 is 1.71 bits per heavy atom. The van der Waals surface area contributed by atoms with Gasteiger partial charge in [0.05, 0.1) is 17.7 Å². The Hall–Kier alpha value is -3.07. The summed E-state index contributed by atoms with van der Waals surface area (Å²) in [5.41, 5.74) is 1.61. The Morgan fingerprint density at radius 1 is 1.03 bits per heavy atom. The van der Waals surface area contributed by atoms with Crippen LogP contribution in [0, 0.1) is 0 Å². The van der Waals surface area contributed by atoms with E-state index in [2.05, 4.69) is 10.0 Å². The molecule has 3 aromatic rings. The molecule has 1 amide bonds. The number of carbonyl (C=O) groups is 1. The van der Waals surface area contributed by atoms with Crippen LogP contribution in [0.1, 0.15) is 28.9 Å². The van der Waals surface area contributed by atoms with Crippen LogP contribution in [0.25, 0.3) is 0 Å². The number of anilines is 1. The molecule has 0 aliphatic rings. The quantitative estimate of drug-likeness (QED) is 0.425. The second kappa shape index (κ2) is 11.4. The fourth-order valence-corrected chi connectivity index (χ4v) is 5.00. The first-order chi connectivity index (χ1) is 16.2. The van der Waals surface area contributed by atoms with Crippen molar-refractivity contribution in [1.29, 1.82) is 0 Å². The Balaban J connectivity index is 1.76. The standard InChI is InChI=1S/C25H28ClN3O4S/c1-4-33-21-13-11-20(12-14-21)28-34(31,32)24-16-19(10-15-22(24)26)25(30)27-17-23(29(2)3)18-8-6-5-7-9-18/h5-16,23,28H,4,17H2,1-3H3,(H,27,30)/t23-/m0/s1. The molecule has 0 aromatic heterocycles. The zero-order valence-electron chi connectivity index (χ0n) is 19.3. The van der Waals surface area contributed by atoms with E-state index in [1.54, 1.807) is 24.3 Å². The summed E-state index contributed by atoms with van der Waals surface area (Å²) in [4.78, 5) is 14.7. The van der Waals surface area contributed by atoms with E-state index in [4.69, 9.17) is 16.3 Å². The van der Waals surface area contributed by atoms with E-state index in [1.807, 2.05) is 56.3 Å². The molecule has 0 unspecified atom stereocenters. The van der Waals surface area contributed by atoms with Crippen LogP contribution in [0.15, 0.2) is 77.7 Å². The van der Waals surface area contributed by atoms with Crippen LogP contribution in [0.4, 0.5) is 5.69 Å². The number of hydrogen-bond acceptors (Lipinski definition) is 5. The third-order valence-corrected chi connectivity index (χ3v) is 7.03. The molecule has 7 nitrogen and oxygen atoms in total. The zero-order chi connectivity index (χ0) is 24.7. The average Bonchev–Trinajstić information content (AvgIpc) is 2.81. The molecule has 180 valence electrons. The second-order valence-electron chi connectivity index (χ2n) is 7.81. The molecule has 0 aliphatic heterocycles. The van der Waals surface area contributed by atoms with E-state index in [0.717, 1.165) is 5.56 Å². The van der Waals surface area contributed by atoms with Crippen molar-refractivity contribution >= 4 is 33.2 Å². The minimum absolute atomic E-state index is 0.0189. The number of nitrogens with one attached hydrogen (secondary N) is 2. The molecule has 0 saturated heterocycles. The van der Waals surface area contributed by atoms with Crippen molar-refractivity contribution in [2.45, 2.75) is 17.9 Å². The topological polar surface area (TPSA) is 87.7 Å². The summed E-state index contributed by atoms with van der Waals surface area (Å²) in [7, 11) is -0.156. The number of carbonyl (C=O) groups excluding carboxylic acids is 1. The van der Waals surface area contributed by atoms with Crippen LogP contribution in [0.2, 0.25) is 5.02 Å². The van der Waals surface area contributed by atoms with Crippen LogP contribution in [0.5, 0.6) is 5.75 Å². The smallest absolute Gasteiger partial charge is 0.263 e. The molecular weight excluding hydrogens is 474 g/mol. The Bertz CT molecular complexity index is 1220. The molecule has 2 N–H and O–H groups in total. The first-order valence-electron chi connectivity index (χ1n) is 10.8. The molecule has 3 aromatic carbocycles. The van der Waals surface area contributed by atoms with Gasteiger partial charge in [0.25, 0.3) is 15.9 Å². The molecule has 1 atom stereocenters. The monoisotopic (exact) mass is 501 g/mol. The van der Waals surface area contributed by atoms with Gasteiger partial charge in [-0.15, -0.1) is 0 Å². The molecular formula is C25H28ClN3O4S. The van der Waals surface area contributed by atoms with E-state index in [0.29, 0.717) is 24.6 Å². The van der Waals surface area contributed by atoms with Crippen LogP contribution < -0.4 is 14.8 Å². The minimum atomic E-state index is -4.02. The number of nitrogens with zero attached hydrogens (tertiary/aromatic N) is 1. The summed E-state index contributed by atoms with van der Waals surface area (Å²) in [5.74, 6) is 0.241. The summed E-state index contributed by atoms with van der Waals surface area (Å²) in [6.07, 6.45) is 0. The van der Waals surface area contributed by atoms with Crippen molar-refractivity contribution in [3.63, 3.8) is 0 Å². The summed E-state index contributed by atoms with van der Waals surface area (Å²) >= 11 is 6.19. The molecule has 0 aliphatic carbocycles. The van der Waals surface area contributed by atoms with Gasteiger partial charge in [0.15, 0.2) is 0 Å². The molecule has 0 radical (unpaired) electrons. The molecule has 34 heavy (non-hydrogen) atoms. The highest BCUT2D eigenvalue weighted by Gasteiger charge is 2.21. The van der Waals surface area contributed by atoms with E-state index in [-0.39, 0.29) is 21.5 Å². The fraction of sp³-hybridized carbons (Fsp3) is 0.240. The van der Waals surface area contributed by atoms with Gasteiger partial charge in [-0.3, -0.25) is 9.52 Å². The average molecular weight is 502 g/mol. The molecule has 3 rings (SSSR count). The van der Waals surface area contributed by atoms with Crippen molar-refractivity contribution in [3.8, 4) is 5.75 Å². The van der Waals surface area contributed by atoms with Gasteiger partial charge in [0, 0.05) is 17.8 Å². The highest BCUT2D eigenvalue weighted by atomic mass is 35.5. The number of likely N-dealkylation sites (N-methyl/N-ethyl adjacent to an activating group) is 1. The summed E-state index contributed by atoms with van der Waals surface area (Å²) < 4.78 is 33.8. The van der Waals surface area contributed by atoms with Crippen LogP contribution in [-0.2, 0) is 10.0 Å². The van der Waals surface area contributed by atoms with Gasteiger partial charge in [-0.05, 0) is 69.0 Å². The van der Waals surface area contributed by atoms with E-state index < -0.39 is 15.9 Å². The largest absolute Gasteiger partial charge is 0.494 e. The molecule has 0 saturated carbocycles. The van der Waals surface area contributed by atoms with Gasteiger partial charge in [-0.1, -0.05) is 41.9 Å². The predicted molar refractivity (Wildman–Crippen MR) is 135 cm³/mol. The number of amides is 1. The highest BCUT2D eigenvalue weighted by Crippen LogP contribution is 2.26. The lowest BCUT2D eigenvalue weighted by Gasteiger charge is -2.25. The van der Waals surface area contributed by atoms with Gasteiger partial charge in [-0.25, -0.2) is 8.42 Å². The first kappa shape index (κ1) is 25.6. The Morgan fingerprint density at radius 3 is 2.32 bits per heavy atom. The summed E-state index contributed by atoms with van der Waals surface area (Å²) in [6.45, 7) is 2.73. The number of benzene rings is 3. The van der Waals surface area contributed by atoms with Crippen molar-refractivity contribution < 1.29 is 17.9 Å². The number of halogens is 1. The van der Waals surface area contributed by atoms with Crippen molar-refractivity contribution in [3.05, 3.63) is 88.9 Å². The second-order valence-corrected chi connectivity index (χ2v) is 9.87. The number of hydrogen-bond donors (Lipinski definition) is 2. The van der Waals surface area contributed by atoms with Gasteiger partial charge < -0.3 is 15.0 Å². The maximum absolute atomic E-state index is 13.0. The lowest BCUT2D eigenvalue weighted by Crippen LogP contribution is -2.34. The van der Waals surface area contributed by atoms with E-state index in [1.165, 1.54) is 18.2 Å². The van der Waals surface area contributed by atoms with Crippen LogP contribution in [0.3, 0.4) is 0 Å². The highest BCUT2D eigenvalue weighted by molar-refractivity contribution is 7.92. The molecule has 9 heteroatoms. The van der Waals surface area contributed by atoms with Crippen LogP contribution in [-0.4, -0.2) is 46.5 Å². The minimum Gasteiger partial charge on any atom is -0.494 e. The van der Waals surface area contributed by atoms with E-state index >= 15 is 0 Å². The zero-order valence-corrected chi connectivity index (χ0v) is 20.9. The fourth-order valence-electron chi connectivity index (χ4n) is 3.41. The lowest BCUT2D eigenvalue weighted by molar-refractivity contribution is 0.0941.